The summed E-state index contributed by atoms with van der Waals surface area (Å²) in [6, 6.07) is 11.5. The standard InChI is InChI=1S/C19H20N4O3/c1-13-12-15(21-25-13)16-8-5-11-23(16)18(24)10-9-17-20-19(22-26-17)14-6-3-2-4-7-14/h2-4,6-7,12,16H,5,8-11H2,1H3. The van der Waals surface area contributed by atoms with Gasteiger partial charge in [-0.25, -0.2) is 0 Å². The highest BCUT2D eigenvalue weighted by Crippen LogP contribution is 2.32. The van der Waals surface area contributed by atoms with Gasteiger partial charge in [-0.15, -0.1) is 0 Å². The lowest BCUT2D eigenvalue weighted by Gasteiger charge is -2.22. The number of aromatic nitrogens is 3. The summed E-state index contributed by atoms with van der Waals surface area (Å²) in [6.45, 7) is 2.60. The van der Waals surface area contributed by atoms with Gasteiger partial charge in [0.25, 0.3) is 0 Å². The molecule has 7 nitrogen and oxygen atoms in total. The van der Waals surface area contributed by atoms with Crippen molar-refractivity contribution in [2.24, 2.45) is 0 Å². The molecule has 1 aliphatic heterocycles. The monoisotopic (exact) mass is 352 g/mol. The quantitative estimate of drug-likeness (QED) is 0.700. The lowest BCUT2D eigenvalue weighted by molar-refractivity contribution is -0.132. The highest BCUT2D eigenvalue weighted by molar-refractivity contribution is 5.77. The predicted molar refractivity (Wildman–Crippen MR) is 93.0 cm³/mol. The van der Waals surface area contributed by atoms with E-state index in [2.05, 4.69) is 15.3 Å². The number of likely N-dealkylation sites (tertiary alicyclic amines) is 1. The molecule has 0 aliphatic carbocycles. The molecule has 4 rings (SSSR count). The number of carbonyl (C=O) groups excluding carboxylic acids is 1. The van der Waals surface area contributed by atoms with Gasteiger partial charge in [0.2, 0.25) is 17.6 Å². The van der Waals surface area contributed by atoms with E-state index in [0.29, 0.717) is 24.6 Å². The smallest absolute Gasteiger partial charge is 0.227 e. The SMILES string of the molecule is Cc1cc(C2CCCN2C(=O)CCc2nc(-c3ccccc3)no2)no1. The van der Waals surface area contributed by atoms with Crippen molar-refractivity contribution in [3.63, 3.8) is 0 Å². The zero-order chi connectivity index (χ0) is 17.9. The second-order valence-electron chi connectivity index (χ2n) is 6.49. The molecule has 1 unspecified atom stereocenters. The third-order valence-corrected chi connectivity index (χ3v) is 4.61. The fourth-order valence-electron chi connectivity index (χ4n) is 3.33. The van der Waals surface area contributed by atoms with Crippen LogP contribution in [0.25, 0.3) is 11.4 Å². The fraction of sp³-hybridized carbons (Fsp3) is 0.368. The number of nitrogens with zero attached hydrogens (tertiary/aromatic N) is 4. The van der Waals surface area contributed by atoms with Crippen LogP contribution >= 0.6 is 0 Å². The first-order valence-electron chi connectivity index (χ1n) is 8.81. The maximum Gasteiger partial charge on any atom is 0.227 e. The summed E-state index contributed by atoms with van der Waals surface area (Å²) >= 11 is 0. The number of aryl methyl sites for hydroxylation is 2. The normalized spacial score (nSPS) is 17.0. The van der Waals surface area contributed by atoms with Crippen LogP contribution in [0.2, 0.25) is 0 Å². The van der Waals surface area contributed by atoms with Crippen molar-refractivity contribution in [1.82, 2.24) is 20.2 Å². The minimum absolute atomic E-state index is 0.00233. The predicted octanol–water partition coefficient (Wildman–Crippen LogP) is 3.33. The highest BCUT2D eigenvalue weighted by atomic mass is 16.5. The molecule has 1 saturated heterocycles. The van der Waals surface area contributed by atoms with E-state index in [1.54, 1.807) is 0 Å². The number of hydrogen-bond acceptors (Lipinski definition) is 6. The Bertz CT molecular complexity index is 887. The molecule has 3 heterocycles. The number of amides is 1. The van der Waals surface area contributed by atoms with E-state index in [1.807, 2.05) is 48.2 Å². The van der Waals surface area contributed by atoms with E-state index in [1.165, 1.54) is 0 Å². The molecule has 0 bridgehead atoms. The van der Waals surface area contributed by atoms with E-state index in [-0.39, 0.29) is 11.9 Å². The van der Waals surface area contributed by atoms with Crippen LogP contribution in [0, 0.1) is 6.92 Å². The molecule has 1 fully saturated rings. The molecule has 26 heavy (non-hydrogen) atoms. The van der Waals surface area contributed by atoms with Gasteiger partial charge in [-0.2, -0.15) is 4.98 Å². The number of benzene rings is 1. The topological polar surface area (TPSA) is 85.3 Å². The van der Waals surface area contributed by atoms with Crippen molar-refractivity contribution in [2.75, 3.05) is 6.54 Å². The van der Waals surface area contributed by atoms with Gasteiger partial charge < -0.3 is 13.9 Å². The van der Waals surface area contributed by atoms with Crippen LogP contribution in [0.3, 0.4) is 0 Å². The van der Waals surface area contributed by atoms with E-state index in [9.17, 15) is 4.79 Å². The van der Waals surface area contributed by atoms with Gasteiger partial charge in [0.05, 0.1) is 6.04 Å². The van der Waals surface area contributed by atoms with Gasteiger partial charge in [0.15, 0.2) is 0 Å². The Hall–Kier alpha value is -2.96. The minimum atomic E-state index is 0.00233. The maximum absolute atomic E-state index is 12.7. The first-order valence-corrected chi connectivity index (χ1v) is 8.81. The fourth-order valence-corrected chi connectivity index (χ4v) is 3.33. The van der Waals surface area contributed by atoms with Crippen molar-refractivity contribution >= 4 is 5.91 Å². The van der Waals surface area contributed by atoms with Crippen molar-refractivity contribution in [1.29, 1.82) is 0 Å². The first kappa shape index (κ1) is 16.5. The van der Waals surface area contributed by atoms with Gasteiger partial charge in [0.1, 0.15) is 11.5 Å². The summed E-state index contributed by atoms with van der Waals surface area (Å²) in [7, 11) is 0. The lowest BCUT2D eigenvalue weighted by Crippen LogP contribution is -2.30. The van der Waals surface area contributed by atoms with Crippen molar-refractivity contribution < 1.29 is 13.8 Å². The van der Waals surface area contributed by atoms with Gasteiger partial charge in [-0.3, -0.25) is 4.79 Å². The maximum atomic E-state index is 12.7. The summed E-state index contributed by atoms with van der Waals surface area (Å²) in [5.74, 6) is 1.86. The van der Waals surface area contributed by atoms with Crippen LogP contribution in [-0.4, -0.2) is 32.6 Å². The molecule has 0 saturated carbocycles. The molecular weight excluding hydrogens is 332 g/mol. The van der Waals surface area contributed by atoms with Crippen molar-refractivity contribution in [2.45, 2.75) is 38.6 Å². The van der Waals surface area contributed by atoms with Crippen molar-refractivity contribution in [3.8, 4) is 11.4 Å². The summed E-state index contributed by atoms with van der Waals surface area (Å²) in [5.41, 5.74) is 1.73. The largest absolute Gasteiger partial charge is 0.361 e. The molecule has 2 aromatic heterocycles. The average Bonchev–Trinajstić information content (AvgIpc) is 3.40. The van der Waals surface area contributed by atoms with Crippen molar-refractivity contribution in [3.05, 3.63) is 53.7 Å². The van der Waals surface area contributed by atoms with E-state index >= 15 is 0 Å². The van der Waals surface area contributed by atoms with Crippen LogP contribution < -0.4 is 0 Å². The third-order valence-electron chi connectivity index (χ3n) is 4.61. The summed E-state index contributed by atoms with van der Waals surface area (Å²) < 4.78 is 10.4. The number of carbonyl (C=O) groups is 1. The molecule has 0 spiro atoms. The number of rotatable bonds is 5. The molecular formula is C19H20N4O3. The Morgan fingerprint density at radius 3 is 2.85 bits per heavy atom. The van der Waals surface area contributed by atoms with Crippen LogP contribution in [0.15, 0.2) is 45.4 Å². The molecule has 3 aromatic rings. The molecule has 1 aliphatic rings. The molecule has 1 amide bonds. The Balaban J connectivity index is 1.39. The Labute approximate surface area is 151 Å². The summed E-state index contributed by atoms with van der Waals surface area (Å²) in [6.07, 6.45) is 2.65. The average molecular weight is 352 g/mol. The second-order valence-corrected chi connectivity index (χ2v) is 6.49. The first-order chi connectivity index (χ1) is 12.7. The van der Waals surface area contributed by atoms with Crippen LogP contribution in [0.4, 0.5) is 0 Å². The second kappa shape index (κ2) is 7.11. The summed E-state index contributed by atoms with van der Waals surface area (Å²) in [5, 5.41) is 8.07. The third kappa shape index (κ3) is 3.37. The van der Waals surface area contributed by atoms with Gasteiger partial charge in [-0.1, -0.05) is 40.6 Å². The number of hydrogen-bond donors (Lipinski definition) is 0. The van der Waals surface area contributed by atoms with Crippen LogP contribution in [0.1, 0.15) is 42.6 Å². The summed E-state index contributed by atoms with van der Waals surface area (Å²) in [4.78, 5) is 18.9. The molecule has 1 aromatic carbocycles. The molecule has 0 N–H and O–H groups in total. The van der Waals surface area contributed by atoms with Gasteiger partial charge in [0, 0.05) is 31.0 Å². The van der Waals surface area contributed by atoms with E-state index in [0.717, 1.165) is 36.4 Å². The highest BCUT2D eigenvalue weighted by Gasteiger charge is 2.31. The zero-order valence-corrected chi connectivity index (χ0v) is 14.6. The van der Waals surface area contributed by atoms with Crippen LogP contribution in [-0.2, 0) is 11.2 Å². The van der Waals surface area contributed by atoms with Gasteiger partial charge >= 0.3 is 0 Å². The van der Waals surface area contributed by atoms with E-state index < -0.39 is 0 Å². The Morgan fingerprint density at radius 1 is 1.23 bits per heavy atom. The zero-order valence-electron chi connectivity index (χ0n) is 14.6. The molecule has 134 valence electrons. The van der Waals surface area contributed by atoms with Gasteiger partial charge in [-0.05, 0) is 19.8 Å². The molecule has 7 heteroatoms. The lowest BCUT2D eigenvalue weighted by atomic mass is 10.1. The minimum Gasteiger partial charge on any atom is -0.361 e. The van der Waals surface area contributed by atoms with Crippen LogP contribution in [0.5, 0.6) is 0 Å². The molecule has 1 atom stereocenters. The Kier molecular flexibility index (Phi) is 4.51. The Morgan fingerprint density at radius 2 is 2.08 bits per heavy atom. The molecule has 0 radical (unpaired) electrons. The van der Waals surface area contributed by atoms with E-state index in [4.69, 9.17) is 9.05 Å².